The summed E-state index contributed by atoms with van der Waals surface area (Å²) < 4.78 is 5.10. The maximum Gasteiger partial charge on any atom is 0.0626 e. The zero-order valence-corrected chi connectivity index (χ0v) is 22.2. The standard InChI is InChI=1S/C36H26N2S/c1-5-13-31-25(9-1)26-10-2-6-14-32(26)37(31)23-17-19-35-29(21-23)30-22-24(18-20-36(30)39-35)38-33-15-7-3-11-27(33)28-12-4-8-16-34(28)38/h1-3,5-11,13-22,27,33H,4,12H2. The number of anilines is 1. The van der Waals surface area contributed by atoms with Gasteiger partial charge in [0.1, 0.15) is 0 Å². The van der Waals surface area contributed by atoms with Gasteiger partial charge in [-0.1, -0.05) is 66.8 Å². The Labute approximate surface area is 231 Å². The number of benzene rings is 4. The Morgan fingerprint density at radius 3 is 2.10 bits per heavy atom. The van der Waals surface area contributed by atoms with Crippen molar-refractivity contribution in [2.45, 2.75) is 18.9 Å². The fraction of sp³-hybridized carbons (Fsp3) is 0.111. The smallest absolute Gasteiger partial charge is 0.0626 e. The second-order valence-electron chi connectivity index (χ2n) is 10.8. The van der Waals surface area contributed by atoms with Crippen LogP contribution < -0.4 is 4.90 Å². The molecule has 0 saturated carbocycles. The lowest BCUT2D eigenvalue weighted by molar-refractivity contribution is 0.658. The molecule has 0 radical (unpaired) electrons. The number of thiophene rings is 1. The molecule has 6 aromatic rings. The molecule has 3 aliphatic rings. The van der Waals surface area contributed by atoms with Crippen LogP contribution in [-0.4, -0.2) is 10.6 Å². The van der Waals surface area contributed by atoms with E-state index >= 15 is 0 Å². The highest BCUT2D eigenvalue weighted by molar-refractivity contribution is 7.25. The van der Waals surface area contributed by atoms with E-state index in [0.29, 0.717) is 12.0 Å². The molecule has 2 atom stereocenters. The van der Waals surface area contributed by atoms with E-state index in [9.17, 15) is 0 Å². The number of allylic oxidation sites excluding steroid dienone is 4. The first-order valence-corrected chi connectivity index (χ1v) is 14.7. The molecule has 0 amide bonds. The van der Waals surface area contributed by atoms with Crippen molar-refractivity contribution in [1.29, 1.82) is 0 Å². The van der Waals surface area contributed by atoms with Crippen molar-refractivity contribution in [2.75, 3.05) is 4.90 Å². The third kappa shape index (κ3) is 3.02. The molecule has 0 spiro atoms. The van der Waals surface area contributed by atoms with Gasteiger partial charge in [-0.2, -0.15) is 0 Å². The number of para-hydroxylation sites is 2. The summed E-state index contributed by atoms with van der Waals surface area (Å²) in [7, 11) is 0. The summed E-state index contributed by atoms with van der Waals surface area (Å²) in [6, 6.07) is 32.0. The van der Waals surface area contributed by atoms with Gasteiger partial charge in [-0.05, 0) is 73.0 Å². The van der Waals surface area contributed by atoms with Crippen LogP contribution in [0.4, 0.5) is 5.69 Å². The summed E-state index contributed by atoms with van der Waals surface area (Å²) in [5.74, 6) is 0.478. The molecule has 2 aliphatic carbocycles. The Bertz CT molecular complexity index is 2040. The van der Waals surface area contributed by atoms with Crippen LogP contribution in [0.25, 0.3) is 47.7 Å². The molecule has 2 aromatic heterocycles. The average Bonchev–Trinajstić information content (AvgIpc) is 3.64. The van der Waals surface area contributed by atoms with E-state index in [1.54, 1.807) is 5.57 Å². The van der Waals surface area contributed by atoms with Crippen molar-refractivity contribution in [3.63, 3.8) is 0 Å². The highest BCUT2D eigenvalue weighted by atomic mass is 32.1. The predicted molar refractivity (Wildman–Crippen MR) is 167 cm³/mol. The SMILES string of the molecule is C1=CC2C3=C(C=CCC3)N(c3ccc4sc5ccc(-n6c7ccccc7c7ccccc76)cc5c4c3)C2C=C1. The molecule has 0 fully saturated rings. The van der Waals surface area contributed by atoms with E-state index in [4.69, 9.17) is 0 Å². The summed E-state index contributed by atoms with van der Waals surface area (Å²) in [5.41, 5.74) is 8.00. The molecule has 3 heteroatoms. The zero-order valence-electron chi connectivity index (χ0n) is 21.4. The fourth-order valence-corrected chi connectivity index (χ4v) is 8.19. The molecule has 9 rings (SSSR count). The van der Waals surface area contributed by atoms with Crippen LogP contribution in [0, 0.1) is 5.92 Å². The van der Waals surface area contributed by atoms with E-state index in [-0.39, 0.29) is 0 Å². The second kappa shape index (κ2) is 8.08. The number of nitrogens with zero attached hydrogens (tertiary/aromatic N) is 2. The van der Waals surface area contributed by atoms with Crippen LogP contribution in [-0.2, 0) is 0 Å². The van der Waals surface area contributed by atoms with Gasteiger partial charge in [-0.3, -0.25) is 0 Å². The lowest BCUT2D eigenvalue weighted by atomic mass is 9.87. The maximum atomic E-state index is 2.58. The average molecular weight is 519 g/mol. The molecular weight excluding hydrogens is 492 g/mol. The van der Waals surface area contributed by atoms with E-state index in [2.05, 4.69) is 131 Å². The Hall–Kier alpha value is -4.34. The first-order chi connectivity index (χ1) is 19.3. The Kier molecular flexibility index (Phi) is 4.47. The topological polar surface area (TPSA) is 8.17 Å². The fourth-order valence-electron chi connectivity index (χ4n) is 7.12. The molecule has 0 N–H and O–H groups in total. The van der Waals surface area contributed by atoms with Gasteiger partial charge in [0.05, 0.1) is 17.1 Å². The molecule has 39 heavy (non-hydrogen) atoms. The van der Waals surface area contributed by atoms with Gasteiger partial charge in [-0.15, -0.1) is 11.3 Å². The third-order valence-corrected chi connectivity index (χ3v) is 9.96. The lowest BCUT2D eigenvalue weighted by Crippen LogP contribution is -2.32. The molecule has 4 aromatic carbocycles. The first kappa shape index (κ1) is 21.6. The van der Waals surface area contributed by atoms with Crippen molar-refractivity contribution >= 4 is 59.0 Å². The van der Waals surface area contributed by atoms with Gasteiger partial charge in [0.15, 0.2) is 0 Å². The number of hydrogen-bond acceptors (Lipinski definition) is 2. The highest BCUT2D eigenvalue weighted by Gasteiger charge is 2.38. The molecule has 2 unspecified atom stereocenters. The number of aromatic nitrogens is 1. The van der Waals surface area contributed by atoms with Crippen molar-refractivity contribution in [3.8, 4) is 5.69 Å². The van der Waals surface area contributed by atoms with Gasteiger partial charge >= 0.3 is 0 Å². The first-order valence-electron chi connectivity index (χ1n) is 13.8. The molecular formula is C36H26N2S. The van der Waals surface area contributed by atoms with Crippen LogP contribution in [0.3, 0.4) is 0 Å². The van der Waals surface area contributed by atoms with Crippen molar-refractivity contribution < 1.29 is 0 Å². The van der Waals surface area contributed by atoms with Crippen LogP contribution in [0.1, 0.15) is 12.8 Å². The molecule has 186 valence electrons. The summed E-state index contributed by atoms with van der Waals surface area (Å²) in [6.45, 7) is 0. The second-order valence-corrected chi connectivity index (χ2v) is 11.9. The quantitative estimate of drug-likeness (QED) is 0.221. The summed E-state index contributed by atoms with van der Waals surface area (Å²) in [6.07, 6.45) is 16.2. The minimum Gasteiger partial charge on any atom is -0.334 e. The highest BCUT2D eigenvalue weighted by Crippen LogP contribution is 2.46. The van der Waals surface area contributed by atoms with E-state index in [1.165, 1.54) is 59.0 Å². The van der Waals surface area contributed by atoms with Gasteiger partial charge < -0.3 is 9.47 Å². The maximum absolute atomic E-state index is 2.58. The van der Waals surface area contributed by atoms with Gasteiger partial charge in [0, 0.05) is 53.9 Å². The van der Waals surface area contributed by atoms with Crippen LogP contribution in [0.15, 0.2) is 133 Å². The lowest BCUT2D eigenvalue weighted by Gasteiger charge is -2.30. The Balaban J connectivity index is 1.25. The molecule has 3 heterocycles. The monoisotopic (exact) mass is 518 g/mol. The zero-order chi connectivity index (χ0) is 25.5. The van der Waals surface area contributed by atoms with Gasteiger partial charge in [0.25, 0.3) is 0 Å². The molecule has 2 nitrogen and oxygen atoms in total. The van der Waals surface area contributed by atoms with Crippen molar-refractivity contribution in [1.82, 2.24) is 4.57 Å². The summed E-state index contributed by atoms with van der Waals surface area (Å²) in [4.78, 5) is 2.58. The van der Waals surface area contributed by atoms with Gasteiger partial charge in [-0.25, -0.2) is 0 Å². The number of fused-ring (bicyclic) bond motifs is 8. The van der Waals surface area contributed by atoms with Gasteiger partial charge in [0.2, 0.25) is 0 Å². The Morgan fingerprint density at radius 1 is 0.667 bits per heavy atom. The van der Waals surface area contributed by atoms with Crippen LogP contribution in [0.2, 0.25) is 0 Å². The summed E-state index contributed by atoms with van der Waals surface area (Å²) >= 11 is 1.89. The van der Waals surface area contributed by atoms with E-state index in [0.717, 1.165) is 12.8 Å². The number of rotatable bonds is 2. The van der Waals surface area contributed by atoms with E-state index in [1.807, 2.05) is 11.3 Å². The van der Waals surface area contributed by atoms with Crippen LogP contribution in [0.5, 0.6) is 0 Å². The molecule has 0 bridgehead atoms. The number of hydrogen-bond donors (Lipinski definition) is 0. The predicted octanol–water partition coefficient (Wildman–Crippen LogP) is 9.69. The minimum absolute atomic E-state index is 0.360. The van der Waals surface area contributed by atoms with Crippen LogP contribution >= 0.6 is 11.3 Å². The normalized spacial score (nSPS) is 20.2. The molecule has 1 aliphatic heterocycles. The summed E-state index contributed by atoms with van der Waals surface area (Å²) in [5, 5.41) is 5.28. The van der Waals surface area contributed by atoms with E-state index < -0.39 is 0 Å². The largest absolute Gasteiger partial charge is 0.334 e. The molecule has 0 saturated heterocycles. The van der Waals surface area contributed by atoms with Crippen molar-refractivity contribution in [2.24, 2.45) is 5.92 Å². The Morgan fingerprint density at radius 2 is 1.33 bits per heavy atom. The minimum atomic E-state index is 0.360. The van der Waals surface area contributed by atoms with Crippen molar-refractivity contribution in [3.05, 3.63) is 133 Å². The third-order valence-electron chi connectivity index (χ3n) is 8.80.